The molecule has 0 amide bonds. The van der Waals surface area contributed by atoms with Gasteiger partial charge in [0, 0.05) is 10.0 Å². The lowest BCUT2D eigenvalue weighted by Gasteiger charge is -1.99. The first-order valence-corrected chi connectivity index (χ1v) is 5.00. The van der Waals surface area contributed by atoms with Gasteiger partial charge in [0.05, 0.1) is 11.9 Å². The number of benzene rings is 1. The molecule has 0 spiro atoms. The molecule has 0 atom stereocenters. The normalized spacial score (nSPS) is 10.2. The minimum absolute atomic E-state index is 0.178. The van der Waals surface area contributed by atoms with Crippen LogP contribution in [-0.4, -0.2) is 21.3 Å². The van der Waals surface area contributed by atoms with Crippen molar-refractivity contribution in [3.63, 3.8) is 0 Å². The van der Waals surface area contributed by atoms with Crippen LogP contribution in [0.4, 0.5) is 0 Å². The Morgan fingerprint density at radius 3 is 2.60 bits per heavy atom. The quantitative estimate of drug-likeness (QED) is 0.878. The number of aromatic nitrogens is 2. The van der Waals surface area contributed by atoms with Gasteiger partial charge >= 0.3 is 5.97 Å². The van der Waals surface area contributed by atoms with Crippen molar-refractivity contribution >= 4 is 21.9 Å². The van der Waals surface area contributed by atoms with E-state index in [1.807, 2.05) is 24.3 Å². The molecule has 76 valence electrons. The Hall–Kier alpha value is -1.62. The van der Waals surface area contributed by atoms with Gasteiger partial charge in [0.15, 0.2) is 0 Å². The van der Waals surface area contributed by atoms with E-state index in [1.165, 1.54) is 6.20 Å². The van der Waals surface area contributed by atoms with Crippen molar-refractivity contribution in [2.24, 2.45) is 0 Å². The Labute approximate surface area is 94.1 Å². The highest BCUT2D eigenvalue weighted by Gasteiger charge is 2.13. The van der Waals surface area contributed by atoms with Crippen molar-refractivity contribution in [3.8, 4) is 11.3 Å². The van der Waals surface area contributed by atoms with Gasteiger partial charge in [0.2, 0.25) is 0 Å². The number of rotatable bonds is 2. The third kappa shape index (κ3) is 1.92. The molecule has 15 heavy (non-hydrogen) atoms. The van der Waals surface area contributed by atoms with E-state index in [4.69, 9.17) is 5.11 Å². The number of aromatic carboxylic acids is 1. The van der Waals surface area contributed by atoms with Crippen molar-refractivity contribution in [1.82, 2.24) is 10.2 Å². The van der Waals surface area contributed by atoms with Crippen molar-refractivity contribution < 1.29 is 9.90 Å². The summed E-state index contributed by atoms with van der Waals surface area (Å²) in [5, 5.41) is 15.3. The number of carbonyl (C=O) groups is 1. The summed E-state index contributed by atoms with van der Waals surface area (Å²) in [5.74, 6) is -0.985. The lowest BCUT2D eigenvalue weighted by molar-refractivity contribution is 0.0698. The van der Waals surface area contributed by atoms with Gasteiger partial charge in [-0.2, -0.15) is 5.10 Å². The number of hydrogen-bond acceptors (Lipinski definition) is 2. The third-order valence-corrected chi connectivity index (χ3v) is 2.53. The Bertz CT molecular complexity index is 490. The van der Waals surface area contributed by atoms with Gasteiger partial charge in [0.1, 0.15) is 5.56 Å². The molecule has 2 aromatic rings. The second-order valence-electron chi connectivity index (χ2n) is 2.97. The van der Waals surface area contributed by atoms with Crippen LogP contribution < -0.4 is 0 Å². The Kier molecular flexibility index (Phi) is 2.55. The topological polar surface area (TPSA) is 66.0 Å². The van der Waals surface area contributed by atoms with Gasteiger partial charge in [-0.3, -0.25) is 5.10 Å². The molecular formula is C10H7BrN2O2. The van der Waals surface area contributed by atoms with Gasteiger partial charge < -0.3 is 5.11 Å². The summed E-state index contributed by atoms with van der Waals surface area (Å²) < 4.78 is 0.947. The third-order valence-electron chi connectivity index (χ3n) is 2.00. The molecule has 2 rings (SSSR count). The summed E-state index contributed by atoms with van der Waals surface area (Å²) in [4.78, 5) is 10.9. The summed E-state index contributed by atoms with van der Waals surface area (Å²) in [5.41, 5.74) is 1.50. The minimum Gasteiger partial charge on any atom is -0.478 e. The molecular weight excluding hydrogens is 260 g/mol. The number of halogens is 1. The zero-order valence-electron chi connectivity index (χ0n) is 7.57. The smallest absolute Gasteiger partial charge is 0.339 e. The summed E-state index contributed by atoms with van der Waals surface area (Å²) >= 11 is 3.31. The van der Waals surface area contributed by atoms with E-state index in [2.05, 4.69) is 26.1 Å². The molecule has 0 fully saturated rings. The van der Waals surface area contributed by atoms with Crippen molar-refractivity contribution in [2.45, 2.75) is 0 Å². The molecule has 0 aliphatic carbocycles. The maximum atomic E-state index is 10.9. The van der Waals surface area contributed by atoms with Crippen LogP contribution >= 0.6 is 15.9 Å². The van der Waals surface area contributed by atoms with Crippen LogP contribution in [0.5, 0.6) is 0 Å². The van der Waals surface area contributed by atoms with E-state index in [1.54, 1.807) is 0 Å². The first kappa shape index (κ1) is 9.92. The summed E-state index contributed by atoms with van der Waals surface area (Å²) in [6, 6.07) is 7.34. The molecule has 0 bridgehead atoms. The van der Waals surface area contributed by atoms with Crippen LogP contribution in [0.15, 0.2) is 34.9 Å². The number of nitrogens with one attached hydrogen (secondary N) is 1. The van der Waals surface area contributed by atoms with Crippen LogP contribution in [0, 0.1) is 0 Å². The Morgan fingerprint density at radius 2 is 2.00 bits per heavy atom. The summed E-state index contributed by atoms with van der Waals surface area (Å²) in [6.07, 6.45) is 1.31. The van der Waals surface area contributed by atoms with E-state index in [0.717, 1.165) is 10.0 Å². The van der Waals surface area contributed by atoms with Crippen LogP contribution in [0.3, 0.4) is 0 Å². The zero-order valence-corrected chi connectivity index (χ0v) is 9.15. The second kappa shape index (κ2) is 3.86. The molecule has 0 unspecified atom stereocenters. The van der Waals surface area contributed by atoms with Crippen molar-refractivity contribution in [2.75, 3.05) is 0 Å². The first-order chi connectivity index (χ1) is 7.18. The van der Waals surface area contributed by atoms with Crippen LogP contribution in [0.1, 0.15) is 10.4 Å². The van der Waals surface area contributed by atoms with Gasteiger partial charge in [-0.05, 0) is 12.1 Å². The van der Waals surface area contributed by atoms with Crippen molar-refractivity contribution in [1.29, 1.82) is 0 Å². The lowest BCUT2D eigenvalue weighted by Crippen LogP contribution is -1.96. The van der Waals surface area contributed by atoms with Crippen LogP contribution in [-0.2, 0) is 0 Å². The monoisotopic (exact) mass is 266 g/mol. The van der Waals surface area contributed by atoms with Gasteiger partial charge in [-0.1, -0.05) is 28.1 Å². The van der Waals surface area contributed by atoms with Crippen LogP contribution in [0.25, 0.3) is 11.3 Å². The summed E-state index contributed by atoms with van der Waals surface area (Å²) in [6.45, 7) is 0. The maximum absolute atomic E-state index is 10.9. The standard InChI is InChI=1S/C10H7BrN2O2/c11-7-3-1-6(2-4-7)9-8(10(14)15)5-12-13-9/h1-5H,(H,12,13)(H,14,15). The molecule has 5 heteroatoms. The fraction of sp³-hybridized carbons (Fsp3) is 0. The fourth-order valence-corrected chi connectivity index (χ4v) is 1.55. The first-order valence-electron chi connectivity index (χ1n) is 4.21. The average molecular weight is 267 g/mol. The fourth-order valence-electron chi connectivity index (χ4n) is 1.28. The SMILES string of the molecule is O=C(O)c1cn[nH]c1-c1ccc(Br)cc1. The zero-order chi connectivity index (χ0) is 10.8. The van der Waals surface area contributed by atoms with E-state index in [9.17, 15) is 4.79 Å². The molecule has 0 saturated heterocycles. The highest BCUT2D eigenvalue weighted by molar-refractivity contribution is 9.10. The highest BCUT2D eigenvalue weighted by atomic mass is 79.9. The lowest BCUT2D eigenvalue weighted by atomic mass is 10.1. The van der Waals surface area contributed by atoms with Gasteiger partial charge in [0.25, 0.3) is 0 Å². The second-order valence-corrected chi connectivity index (χ2v) is 3.89. The van der Waals surface area contributed by atoms with Gasteiger partial charge in [-0.15, -0.1) is 0 Å². The Morgan fingerprint density at radius 1 is 1.33 bits per heavy atom. The molecule has 0 radical (unpaired) electrons. The molecule has 1 aromatic heterocycles. The molecule has 4 nitrogen and oxygen atoms in total. The highest BCUT2D eigenvalue weighted by Crippen LogP contribution is 2.22. The van der Waals surface area contributed by atoms with E-state index in [-0.39, 0.29) is 5.56 Å². The molecule has 1 heterocycles. The number of nitrogens with zero attached hydrogens (tertiary/aromatic N) is 1. The maximum Gasteiger partial charge on any atom is 0.339 e. The molecule has 2 N–H and O–H groups in total. The largest absolute Gasteiger partial charge is 0.478 e. The van der Waals surface area contributed by atoms with Crippen molar-refractivity contribution in [3.05, 3.63) is 40.5 Å². The number of hydrogen-bond donors (Lipinski definition) is 2. The number of carboxylic acids is 1. The predicted molar refractivity (Wildman–Crippen MR) is 58.7 cm³/mol. The number of aromatic amines is 1. The molecule has 0 aliphatic heterocycles. The summed E-state index contributed by atoms with van der Waals surface area (Å²) in [7, 11) is 0. The van der Waals surface area contributed by atoms with E-state index in [0.29, 0.717) is 5.69 Å². The predicted octanol–water partition coefficient (Wildman–Crippen LogP) is 2.54. The number of H-pyrrole nitrogens is 1. The molecule has 0 aliphatic rings. The number of carboxylic acid groups (broad SMARTS) is 1. The molecule has 0 saturated carbocycles. The minimum atomic E-state index is -0.985. The average Bonchev–Trinajstić information content (AvgIpc) is 2.67. The molecule has 1 aromatic carbocycles. The Balaban J connectivity index is 2.49. The van der Waals surface area contributed by atoms with E-state index < -0.39 is 5.97 Å². The van der Waals surface area contributed by atoms with E-state index >= 15 is 0 Å². The van der Waals surface area contributed by atoms with Gasteiger partial charge in [-0.25, -0.2) is 4.79 Å². The van der Waals surface area contributed by atoms with Crippen LogP contribution in [0.2, 0.25) is 0 Å².